The van der Waals surface area contributed by atoms with E-state index in [1.807, 2.05) is 36.4 Å². The Hall–Kier alpha value is -2.69. The Bertz CT molecular complexity index is 740. The van der Waals surface area contributed by atoms with E-state index in [0.717, 1.165) is 22.4 Å². The molecule has 2 aromatic heterocycles. The van der Waals surface area contributed by atoms with E-state index in [9.17, 15) is 0 Å². The molecule has 3 aromatic rings. The van der Waals surface area contributed by atoms with Crippen LogP contribution < -0.4 is 10.6 Å². The molecule has 0 fully saturated rings. The van der Waals surface area contributed by atoms with E-state index in [1.54, 1.807) is 12.4 Å². The third-order valence-electron chi connectivity index (χ3n) is 2.97. The van der Waals surface area contributed by atoms with Crippen LogP contribution in [0.25, 0.3) is 10.9 Å². The minimum absolute atomic E-state index is 0.303. The van der Waals surface area contributed by atoms with E-state index in [0.29, 0.717) is 12.0 Å². The van der Waals surface area contributed by atoms with Crippen LogP contribution >= 0.6 is 0 Å². The molecule has 0 atom stereocenters. The Labute approximate surface area is 123 Å². The summed E-state index contributed by atoms with van der Waals surface area (Å²) in [5.41, 5.74) is 1.82. The number of anilines is 3. The standard InChI is InChI=1S/C16H17N5/c1-11(2)18-15-13-5-3-4-6-14(13)20-16(21-15)19-12-7-9-17-10-8-12/h3-11H,1-2H3,(H2,17,18,19,20,21). The van der Waals surface area contributed by atoms with Gasteiger partial charge >= 0.3 is 0 Å². The molecule has 5 heteroatoms. The Kier molecular flexibility index (Phi) is 3.64. The number of hydrogen-bond donors (Lipinski definition) is 2. The quantitative estimate of drug-likeness (QED) is 0.764. The molecule has 0 amide bonds. The maximum absolute atomic E-state index is 4.58. The highest BCUT2D eigenvalue weighted by atomic mass is 15.1. The van der Waals surface area contributed by atoms with E-state index >= 15 is 0 Å². The smallest absolute Gasteiger partial charge is 0.229 e. The highest BCUT2D eigenvalue weighted by Crippen LogP contribution is 2.23. The van der Waals surface area contributed by atoms with Gasteiger partial charge in [0.2, 0.25) is 5.95 Å². The Morgan fingerprint density at radius 3 is 2.48 bits per heavy atom. The van der Waals surface area contributed by atoms with Gasteiger partial charge in [-0.05, 0) is 38.1 Å². The van der Waals surface area contributed by atoms with Crippen molar-refractivity contribution in [3.63, 3.8) is 0 Å². The van der Waals surface area contributed by atoms with Gasteiger partial charge in [-0.3, -0.25) is 4.98 Å². The predicted molar refractivity (Wildman–Crippen MR) is 85.8 cm³/mol. The van der Waals surface area contributed by atoms with Gasteiger partial charge < -0.3 is 10.6 Å². The van der Waals surface area contributed by atoms with Crippen molar-refractivity contribution >= 4 is 28.4 Å². The van der Waals surface area contributed by atoms with Gasteiger partial charge in [-0.1, -0.05) is 12.1 Å². The van der Waals surface area contributed by atoms with Crippen molar-refractivity contribution in [2.24, 2.45) is 0 Å². The summed E-state index contributed by atoms with van der Waals surface area (Å²) >= 11 is 0. The zero-order valence-electron chi connectivity index (χ0n) is 12.0. The molecule has 2 heterocycles. The number of pyridine rings is 1. The summed E-state index contributed by atoms with van der Waals surface area (Å²) in [4.78, 5) is 13.1. The van der Waals surface area contributed by atoms with Crippen LogP contribution in [0.2, 0.25) is 0 Å². The Balaban J connectivity index is 2.03. The lowest BCUT2D eigenvalue weighted by Gasteiger charge is -2.13. The maximum atomic E-state index is 4.58. The molecule has 0 saturated carbocycles. The molecule has 0 unspecified atom stereocenters. The van der Waals surface area contributed by atoms with E-state index in [2.05, 4.69) is 39.4 Å². The van der Waals surface area contributed by atoms with Crippen LogP contribution in [0.5, 0.6) is 0 Å². The first-order chi connectivity index (χ1) is 10.2. The first-order valence-corrected chi connectivity index (χ1v) is 6.93. The van der Waals surface area contributed by atoms with Crippen LogP contribution in [-0.2, 0) is 0 Å². The number of aromatic nitrogens is 3. The lowest BCUT2D eigenvalue weighted by Crippen LogP contribution is -2.12. The second-order valence-corrected chi connectivity index (χ2v) is 5.07. The molecule has 0 aliphatic heterocycles. The third-order valence-corrected chi connectivity index (χ3v) is 2.97. The first-order valence-electron chi connectivity index (χ1n) is 6.93. The third kappa shape index (κ3) is 3.08. The highest BCUT2D eigenvalue weighted by molar-refractivity contribution is 5.90. The monoisotopic (exact) mass is 279 g/mol. The van der Waals surface area contributed by atoms with Crippen molar-refractivity contribution in [2.75, 3.05) is 10.6 Å². The normalized spacial score (nSPS) is 10.8. The molecule has 0 aliphatic carbocycles. The van der Waals surface area contributed by atoms with Crippen LogP contribution in [-0.4, -0.2) is 21.0 Å². The van der Waals surface area contributed by atoms with Gasteiger partial charge in [-0.2, -0.15) is 4.98 Å². The first kappa shape index (κ1) is 13.3. The summed E-state index contributed by atoms with van der Waals surface area (Å²) in [6, 6.07) is 12.0. The van der Waals surface area contributed by atoms with Crippen molar-refractivity contribution in [3.05, 3.63) is 48.8 Å². The van der Waals surface area contributed by atoms with Gasteiger partial charge in [-0.15, -0.1) is 0 Å². The topological polar surface area (TPSA) is 62.7 Å². The number of para-hydroxylation sites is 1. The van der Waals surface area contributed by atoms with Crippen molar-refractivity contribution in [3.8, 4) is 0 Å². The van der Waals surface area contributed by atoms with Gasteiger partial charge in [-0.25, -0.2) is 4.98 Å². The Morgan fingerprint density at radius 1 is 0.952 bits per heavy atom. The van der Waals surface area contributed by atoms with Crippen LogP contribution in [0, 0.1) is 0 Å². The predicted octanol–water partition coefficient (Wildman–Crippen LogP) is 3.59. The van der Waals surface area contributed by atoms with Gasteiger partial charge in [0.15, 0.2) is 0 Å². The molecule has 0 bridgehead atoms. The second-order valence-electron chi connectivity index (χ2n) is 5.07. The fourth-order valence-electron chi connectivity index (χ4n) is 2.08. The average Bonchev–Trinajstić information content (AvgIpc) is 2.48. The molecule has 106 valence electrons. The number of nitrogens with one attached hydrogen (secondary N) is 2. The number of rotatable bonds is 4. The largest absolute Gasteiger partial charge is 0.367 e. The molecule has 1 aromatic carbocycles. The zero-order chi connectivity index (χ0) is 14.7. The zero-order valence-corrected chi connectivity index (χ0v) is 12.0. The maximum Gasteiger partial charge on any atom is 0.229 e. The molecule has 0 saturated heterocycles. The molecule has 0 spiro atoms. The fourth-order valence-corrected chi connectivity index (χ4v) is 2.08. The van der Waals surface area contributed by atoms with Crippen molar-refractivity contribution in [2.45, 2.75) is 19.9 Å². The highest BCUT2D eigenvalue weighted by Gasteiger charge is 2.08. The van der Waals surface area contributed by atoms with E-state index in [4.69, 9.17) is 0 Å². The number of nitrogens with zero attached hydrogens (tertiary/aromatic N) is 3. The lowest BCUT2D eigenvalue weighted by atomic mass is 10.2. The lowest BCUT2D eigenvalue weighted by molar-refractivity contribution is 0.891. The van der Waals surface area contributed by atoms with Crippen LogP contribution in [0.15, 0.2) is 48.8 Å². The molecule has 2 N–H and O–H groups in total. The molecule has 0 aliphatic rings. The summed E-state index contributed by atoms with van der Waals surface area (Å²) in [6.45, 7) is 4.18. The van der Waals surface area contributed by atoms with Crippen LogP contribution in [0.3, 0.4) is 0 Å². The number of fused-ring (bicyclic) bond motifs is 1. The van der Waals surface area contributed by atoms with Gasteiger partial charge in [0, 0.05) is 29.5 Å². The average molecular weight is 279 g/mol. The SMILES string of the molecule is CC(C)Nc1nc(Nc2ccncc2)nc2ccccc12. The summed E-state index contributed by atoms with van der Waals surface area (Å²) in [6.07, 6.45) is 3.47. The summed E-state index contributed by atoms with van der Waals surface area (Å²) in [7, 11) is 0. The molecule has 0 radical (unpaired) electrons. The minimum Gasteiger partial charge on any atom is -0.367 e. The number of hydrogen-bond acceptors (Lipinski definition) is 5. The van der Waals surface area contributed by atoms with E-state index in [1.165, 1.54) is 0 Å². The summed E-state index contributed by atoms with van der Waals surface area (Å²) < 4.78 is 0. The molecular weight excluding hydrogens is 262 g/mol. The van der Waals surface area contributed by atoms with Crippen molar-refractivity contribution in [1.82, 2.24) is 15.0 Å². The fraction of sp³-hybridized carbons (Fsp3) is 0.188. The molecular formula is C16H17N5. The van der Waals surface area contributed by atoms with Gasteiger partial charge in [0.05, 0.1) is 5.52 Å². The second kappa shape index (κ2) is 5.75. The van der Waals surface area contributed by atoms with Crippen molar-refractivity contribution < 1.29 is 0 Å². The Morgan fingerprint density at radius 2 is 1.71 bits per heavy atom. The summed E-state index contributed by atoms with van der Waals surface area (Å²) in [5.74, 6) is 1.41. The van der Waals surface area contributed by atoms with Crippen LogP contribution in [0.1, 0.15) is 13.8 Å². The summed E-state index contributed by atoms with van der Waals surface area (Å²) in [5, 5.41) is 7.60. The molecule has 5 nitrogen and oxygen atoms in total. The van der Waals surface area contributed by atoms with E-state index in [-0.39, 0.29) is 0 Å². The van der Waals surface area contributed by atoms with Gasteiger partial charge in [0.25, 0.3) is 0 Å². The van der Waals surface area contributed by atoms with E-state index < -0.39 is 0 Å². The van der Waals surface area contributed by atoms with Gasteiger partial charge in [0.1, 0.15) is 5.82 Å². The van der Waals surface area contributed by atoms with Crippen molar-refractivity contribution in [1.29, 1.82) is 0 Å². The minimum atomic E-state index is 0.303. The molecule has 3 rings (SSSR count). The van der Waals surface area contributed by atoms with Crippen LogP contribution in [0.4, 0.5) is 17.5 Å². The number of benzene rings is 1. The molecule has 21 heavy (non-hydrogen) atoms.